The Balaban J connectivity index is 2.55. The van der Waals surface area contributed by atoms with Gasteiger partial charge in [-0.05, 0) is 35.3 Å². The minimum absolute atomic E-state index is 0.0921. The van der Waals surface area contributed by atoms with Crippen LogP contribution in [-0.2, 0) is 4.79 Å². The number of carbonyl (C=O) groups excluding carboxylic acids is 1. The molecule has 1 aromatic rings. The Morgan fingerprint density at radius 3 is 2.65 bits per heavy atom. The Morgan fingerprint density at radius 2 is 2.00 bits per heavy atom. The first-order valence-corrected chi connectivity index (χ1v) is 7.43. The fraction of sp³-hybridized carbons (Fsp3) is 0.500. The molecular weight excluding hydrogens is 330 g/mol. The van der Waals surface area contributed by atoms with Crippen LogP contribution in [0, 0.1) is 11.6 Å². The molecule has 1 atom stereocenters. The maximum Gasteiger partial charge on any atom is 0.242 e. The van der Waals surface area contributed by atoms with Crippen molar-refractivity contribution in [2.24, 2.45) is 0 Å². The van der Waals surface area contributed by atoms with Crippen LogP contribution in [0.25, 0.3) is 0 Å². The van der Waals surface area contributed by atoms with Crippen LogP contribution in [0.2, 0.25) is 0 Å². The molecule has 1 amide bonds. The van der Waals surface area contributed by atoms with Gasteiger partial charge in [-0.15, -0.1) is 0 Å². The summed E-state index contributed by atoms with van der Waals surface area (Å²) in [6.07, 6.45) is 3.06. The lowest BCUT2D eigenvalue weighted by atomic mass is 10.2. The zero-order valence-electron chi connectivity index (χ0n) is 11.6. The van der Waals surface area contributed by atoms with Crippen molar-refractivity contribution in [3.63, 3.8) is 0 Å². The summed E-state index contributed by atoms with van der Waals surface area (Å²) in [5.41, 5.74) is 0.0921. The lowest BCUT2D eigenvalue weighted by molar-refractivity contribution is -0.121. The first kappa shape index (κ1) is 16.9. The highest BCUT2D eigenvalue weighted by Gasteiger charge is 2.15. The maximum absolute atomic E-state index is 13.6. The number of rotatable bonds is 7. The first-order valence-electron chi connectivity index (χ1n) is 6.64. The van der Waals surface area contributed by atoms with E-state index in [0.717, 1.165) is 25.3 Å². The summed E-state index contributed by atoms with van der Waals surface area (Å²) in [6, 6.07) is 1.47. The van der Waals surface area contributed by atoms with E-state index in [-0.39, 0.29) is 16.1 Å². The van der Waals surface area contributed by atoms with Gasteiger partial charge in [0.15, 0.2) is 0 Å². The molecule has 1 aromatic carbocycles. The van der Waals surface area contributed by atoms with Crippen molar-refractivity contribution in [3.05, 3.63) is 28.2 Å². The highest BCUT2D eigenvalue weighted by molar-refractivity contribution is 9.10. The molecule has 2 N–H and O–H groups in total. The van der Waals surface area contributed by atoms with E-state index in [1.165, 1.54) is 6.07 Å². The van der Waals surface area contributed by atoms with E-state index in [1.807, 2.05) is 0 Å². The summed E-state index contributed by atoms with van der Waals surface area (Å²) in [5, 5.41) is 5.51. The van der Waals surface area contributed by atoms with Crippen molar-refractivity contribution in [3.8, 4) is 0 Å². The molecule has 0 radical (unpaired) electrons. The van der Waals surface area contributed by atoms with Crippen LogP contribution >= 0.6 is 15.9 Å². The van der Waals surface area contributed by atoms with Crippen LogP contribution in [0.5, 0.6) is 0 Å². The lowest BCUT2D eigenvalue weighted by Gasteiger charge is -2.16. The molecule has 3 nitrogen and oxygen atoms in total. The number of unbranched alkanes of at least 4 members (excludes halogenated alkanes) is 2. The van der Waals surface area contributed by atoms with E-state index in [4.69, 9.17) is 0 Å². The van der Waals surface area contributed by atoms with E-state index < -0.39 is 17.7 Å². The normalized spacial score (nSPS) is 12.1. The third kappa shape index (κ3) is 5.07. The van der Waals surface area contributed by atoms with Gasteiger partial charge in [0, 0.05) is 12.6 Å². The molecule has 0 saturated heterocycles. The molecule has 20 heavy (non-hydrogen) atoms. The summed E-state index contributed by atoms with van der Waals surface area (Å²) >= 11 is 2.98. The van der Waals surface area contributed by atoms with Gasteiger partial charge >= 0.3 is 0 Å². The molecule has 0 aliphatic carbocycles. The standard InChI is InChI=1S/C14H19BrF2N2O/c1-3-4-5-6-18-14(20)9(2)19-13-7-10(15)11(16)8-12(13)17/h7-9,19H,3-6H2,1-2H3,(H,18,20). The summed E-state index contributed by atoms with van der Waals surface area (Å²) in [4.78, 5) is 11.8. The number of amides is 1. The van der Waals surface area contributed by atoms with Crippen LogP contribution < -0.4 is 10.6 Å². The SMILES string of the molecule is CCCCCNC(=O)C(C)Nc1cc(Br)c(F)cc1F. The maximum atomic E-state index is 13.6. The van der Waals surface area contributed by atoms with Crippen molar-refractivity contribution >= 4 is 27.5 Å². The average Bonchev–Trinajstić information content (AvgIpc) is 2.40. The fourth-order valence-corrected chi connectivity index (χ4v) is 2.02. The predicted molar refractivity (Wildman–Crippen MR) is 79.7 cm³/mol. The predicted octanol–water partition coefficient (Wildman–Crippen LogP) is 3.83. The molecule has 0 fully saturated rings. The van der Waals surface area contributed by atoms with Gasteiger partial charge in [0.1, 0.15) is 17.7 Å². The second-order valence-corrected chi connectivity index (χ2v) is 5.46. The van der Waals surface area contributed by atoms with Gasteiger partial charge in [0.05, 0.1) is 10.2 Å². The lowest BCUT2D eigenvalue weighted by Crippen LogP contribution is -2.38. The molecule has 6 heteroatoms. The number of nitrogens with one attached hydrogen (secondary N) is 2. The van der Waals surface area contributed by atoms with Crippen molar-refractivity contribution in [1.82, 2.24) is 5.32 Å². The summed E-state index contributed by atoms with van der Waals surface area (Å²) < 4.78 is 26.8. The third-order valence-corrected chi connectivity index (χ3v) is 3.46. The number of hydrogen-bond acceptors (Lipinski definition) is 2. The van der Waals surface area contributed by atoms with Crippen molar-refractivity contribution in [2.75, 3.05) is 11.9 Å². The zero-order valence-corrected chi connectivity index (χ0v) is 13.2. The second-order valence-electron chi connectivity index (χ2n) is 4.61. The topological polar surface area (TPSA) is 41.1 Å². The average molecular weight is 349 g/mol. The number of carbonyl (C=O) groups is 1. The largest absolute Gasteiger partial charge is 0.371 e. The van der Waals surface area contributed by atoms with Gasteiger partial charge in [-0.3, -0.25) is 4.79 Å². The zero-order chi connectivity index (χ0) is 15.1. The van der Waals surface area contributed by atoms with Crippen molar-refractivity contribution in [2.45, 2.75) is 39.2 Å². The molecule has 0 aromatic heterocycles. The van der Waals surface area contributed by atoms with E-state index in [1.54, 1.807) is 6.92 Å². The molecule has 0 aliphatic rings. The Hall–Kier alpha value is -1.17. The number of hydrogen-bond donors (Lipinski definition) is 2. The summed E-state index contributed by atoms with van der Waals surface area (Å²) in [5.74, 6) is -1.61. The van der Waals surface area contributed by atoms with E-state index >= 15 is 0 Å². The second kappa shape index (κ2) is 8.19. The van der Waals surface area contributed by atoms with Gasteiger partial charge in [0.2, 0.25) is 5.91 Å². The summed E-state index contributed by atoms with van der Waals surface area (Å²) in [6.45, 7) is 4.32. The molecule has 0 saturated carbocycles. The van der Waals surface area contributed by atoms with E-state index in [2.05, 4.69) is 33.5 Å². The van der Waals surface area contributed by atoms with Gasteiger partial charge < -0.3 is 10.6 Å². The quantitative estimate of drug-likeness (QED) is 0.580. The van der Waals surface area contributed by atoms with Gasteiger partial charge in [-0.2, -0.15) is 0 Å². The van der Waals surface area contributed by atoms with Gasteiger partial charge in [-0.25, -0.2) is 8.78 Å². The Bertz CT molecular complexity index is 469. The summed E-state index contributed by atoms with van der Waals surface area (Å²) in [7, 11) is 0. The molecule has 112 valence electrons. The van der Waals surface area contributed by atoms with Crippen LogP contribution in [0.4, 0.5) is 14.5 Å². The highest BCUT2D eigenvalue weighted by atomic mass is 79.9. The molecular formula is C14H19BrF2N2O. The van der Waals surface area contributed by atoms with Crippen molar-refractivity contribution in [1.29, 1.82) is 0 Å². The number of halogens is 3. The molecule has 0 aliphatic heterocycles. The van der Waals surface area contributed by atoms with Gasteiger partial charge in [0.25, 0.3) is 0 Å². The van der Waals surface area contributed by atoms with Crippen LogP contribution in [0.3, 0.4) is 0 Å². The number of anilines is 1. The number of benzene rings is 1. The van der Waals surface area contributed by atoms with Gasteiger partial charge in [-0.1, -0.05) is 19.8 Å². The highest BCUT2D eigenvalue weighted by Crippen LogP contribution is 2.24. The Kier molecular flexibility index (Phi) is 6.91. The van der Waals surface area contributed by atoms with Crippen LogP contribution in [0.15, 0.2) is 16.6 Å². The molecule has 0 bridgehead atoms. The fourth-order valence-electron chi connectivity index (χ4n) is 1.67. The van der Waals surface area contributed by atoms with Crippen LogP contribution in [0.1, 0.15) is 33.1 Å². The molecule has 1 rings (SSSR count). The van der Waals surface area contributed by atoms with Crippen molar-refractivity contribution < 1.29 is 13.6 Å². The van der Waals surface area contributed by atoms with E-state index in [0.29, 0.717) is 6.54 Å². The Morgan fingerprint density at radius 1 is 1.30 bits per heavy atom. The van der Waals surface area contributed by atoms with Crippen LogP contribution in [-0.4, -0.2) is 18.5 Å². The molecule has 1 unspecified atom stereocenters. The Labute approximate surface area is 126 Å². The minimum Gasteiger partial charge on any atom is -0.371 e. The first-order chi connectivity index (χ1) is 9.45. The smallest absolute Gasteiger partial charge is 0.242 e. The third-order valence-electron chi connectivity index (χ3n) is 2.85. The molecule has 0 heterocycles. The molecule has 0 spiro atoms. The van der Waals surface area contributed by atoms with E-state index in [9.17, 15) is 13.6 Å². The minimum atomic E-state index is -0.726. The monoisotopic (exact) mass is 348 g/mol.